The molecule has 116 valence electrons. The van der Waals surface area contributed by atoms with Crippen molar-refractivity contribution in [2.45, 2.75) is 58.0 Å². The molecule has 2 rings (SSSR count). The van der Waals surface area contributed by atoms with Gasteiger partial charge in [0.05, 0.1) is 0 Å². The minimum Gasteiger partial charge on any atom is -0.339 e. The van der Waals surface area contributed by atoms with Crippen molar-refractivity contribution >= 4 is 5.91 Å². The van der Waals surface area contributed by atoms with Crippen molar-refractivity contribution < 1.29 is 4.79 Å². The largest absolute Gasteiger partial charge is 0.339 e. The SMILES string of the molecule is CCCNC1CCC(N(C)C(=O)c2ccc(C)cc2)CC1. The van der Waals surface area contributed by atoms with Crippen LogP contribution in [-0.2, 0) is 0 Å². The van der Waals surface area contributed by atoms with Gasteiger partial charge in [-0.15, -0.1) is 0 Å². The zero-order valence-electron chi connectivity index (χ0n) is 13.6. The Bertz CT molecular complexity index is 447. The molecule has 0 atom stereocenters. The van der Waals surface area contributed by atoms with Crippen LogP contribution in [0.3, 0.4) is 0 Å². The van der Waals surface area contributed by atoms with Crippen LogP contribution in [0.5, 0.6) is 0 Å². The highest BCUT2D eigenvalue weighted by atomic mass is 16.2. The average Bonchev–Trinajstić information content (AvgIpc) is 2.53. The fraction of sp³-hybridized carbons (Fsp3) is 0.611. The van der Waals surface area contributed by atoms with Gasteiger partial charge in [0.1, 0.15) is 0 Å². The van der Waals surface area contributed by atoms with Crippen LogP contribution >= 0.6 is 0 Å². The van der Waals surface area contributed by atoms with E-state index in [0.29, 0.717) is 12.1 Å². The summed E-state index contributed by atoms with van der Waals surface area (Å²) in [5.41, 5.74) is 1.99. The van der Waals surface area contributed by atoms with Gasteiger partial charge in [0, 0.05) is 24.7 Å². The van der Waals surface area contributed by atoms with E-state index in [1.165, 1.54) is 24.8 Å². The van der Waals surface area contributed by atoms with Crippen LogP contribution in [0.25, 0.3) is 0 Å². The Hall–Kier alpha value is -1.35. The van der Waals surface area contributed by atoms with Gasteiger partial charge >= 0.3 is 0 Å². The molecule has 1 amide bonds. The highest BCUT2D eigenvalue weighted by Gasteiger charge is 2.26. The molecule has 1 aliphatic rings. The summed E-state index contributed by atoms with van der Waals surface area (Å²) < 4.78 is 0. The number of amides is 1. The lowest BCUT2D eigenvalue weighted by Gasteiger charge is -2.35. The summed E-state index contributed by atoms with van der Waals surface area (Å²) in [6.45, 7) is 5.35. The van der Waals surface area contributed by atoms with Crippen molar-refractivity contribution in [2.75, 3.05) is 13.6 Å². The molecule has 0 bridgehead atoms. The van der Waals surface area contributed by atoms with E-state index >= 15 is 0 Å². The van der Waals surface area contributed by atoms with Gasteiger partial charge in [0.2, 0.25) is 0 Å². The van der Waals surface area contributed by atoms with Gasteiger partial charge in [-0.3, -0.25) is 4.79 Å². The number of hydrogen-bond acceptors (Lipinski definition) is 2. The van der Waals surface area contributed by atoms with Crippen molar-refractivity contribution in [1.82, 2.24) is 10.2 Å². The molecule has 1 aromatic carbocycles. The van der Waals surface area contributed by atoms with Crippen LogP contribution in [-0.4, -0.2) is 36.5 Å². The molecule has 1 fully saturated rings. The third-order valence-corrected chi connectivity index (χ3v) is 4.55. The zero-order valence-corrected chi connectivity index (χ0v) is 13.6. The Morgan fingerprint density at radius 1 is 1.19 bits per heavy atom. The molecule has 3 nitrogen and oxygen atoms in total. The van der Waals surface area contributed by atoms with Crippen molar-refractivity contribution in [2.24, 2.45) is 0 Å². The lowest BCUT2D eigenvalue weighted by molar-refractivity contribution is 0.0684. The number of rotatable bonds is 5. The molecule has 21 heavy (non-hydrogen) atoms. The Morgan fingerprint density at radius 2 is 1.81 bits per heavy atom. The molecule has 0 aliphatic heterocycles. The summed E-state index contributed by atoms with van der Waals surface area (Å²) >= 11 is 0. The maximum absolute atomic E-state index is 12.5. The second-order valence-corrected chi connectivity index (χ2v) is 6.24. The monoisotopic (exact) mass is 288 g/mol. The molecular weight excluding hydrogens is 260 g/mol. The number of nitrogens with zero attached hydrogens (tertiary/aromatic N) is 1. The molecule has 1 aliphatic carbocycles. The number of carbonyl (C=O) groups excluding carboxylic acids is 1. The Morgan fingerprint density at radius 3 is 2.38 bits per heavy atom. The highest BCUT2D eigenvalue weighted by molar-refractivity contribution is 5.94. The van der Waals surface area contributed by atoms with Crippen molar-refractivity contribution in [1.29, 1.82) is 0 Å². The summed E-state index contributed by atoms with van der Waals surface area (Å²) in [6.07, 6.45) is 5.75. The maximum Gasteiger partial charge on any atom is 0.253 e. The fourth-order valence-electron chi connectivity index (χ4n) is 3.08. The predicted octanol–water partition coefficient (Wildman–Crippen LogP) is 3.38. The smallest absolute Gasteiger partial charge is 0.253 e. The van der Waals surface area contributed by atoms with Crippen LogP contribution in [0.15, 0.2) is 24.3 Å². The molecule has 1 N–H and O–H groups in total. The lowest BCUT2D eigenvalue weighted by Crippen LogP contribution is -2.43. The predicted molar refractivity (Wildman–Crippen MR) is 87.6 cm³/mol. The second kappa shape index (κ2) is 7.60. The van der Waals surface area contributed by atoms with Crippen LogP contribution in [0, 0.1) is 6.92 Å². The molecule has 0 radical (unpaired) electrons. The molecular formula is C18H28N2O. The molecule has 0 heterocycles. The first-order valence-corrected chi connectivity index (χ1v) is 8.19. The number of hydrogen-bond donors (Lipinski definition) is 1. The van der Waals surface area contributed by atoms with E-state index in [9.17, 15) is 4.79 Å². The number of carbonyl (C=O) groups is 1. The molecule has 1 aromatic rings. The first kappa shape index (κ1) is 16.0. The first-order chi connectivity index (χ1) is 10.1. The quantitative estimate of drug-likeness (QED) is 0.901. The van der Waals surface area contributed by atoms with E-state index in [0.717, 1.165) is 24.9 Å². The van der Waals surface area contributed by atoms with Crippen LogP contribution in [0.2, 0.25) is 0 Å². The van der Waals surface area contributed by atoms with Crippen LogP contribution in [0.1, 0.15) is 54.9 Å². The third kappa shape index (κ3) is 4.31. The molecule has 0 saturated heterocycles. The number of nitrogens with one attached hydrogen (secondary N) is 1. The van der Waals surface area contributed by atoms with Crippen LogP contribution < -0.4 is 5.32 Å². The van der Waals surface area contributed by atoms with Gasteiger partial charge in [-0.2, -0.15) is 0 Å². The highest BCUT2D eigenvalue weighted by Crippen LogP contribution is 2.23. The minimum absolute atomic E-state index is 0.153. The van der Waals surface area contributed by atoms with E-state index in [2.05, 4.69) is 12.2 Å². The zero-order chi connectivity index (χ0) is 15.2. The molecule has 0 unspecified atom stereocenters. The van der Waals surface area contributed by atoms with Gasteiger partial charge in [-0.1, -0.05) is 24.6 Å². The average molecular weight is 288 g/mol. The van der Waals surface area contributed by atoms with Crippen LogP contribution in [0.4, 0.5) is 0 Å². The Balaban J connectivity index is 1.88. The standard InChI is InChI=1S/C18H28N2O/c1-4-13-19-16-9-11-17(12-10-16)20(3)18(21)15-7-5-14(2)6-8-15/h5-8,16-17,19H,4,9-13H2,1-3H3. The summed E-state index contributed by atoms with van der Waals surface area (Å²) in [7, 11) is 1.95. The normalized spacial score (nSPS) is 22.0. The van der Waals surface area contributed by atoms with E-state index < -0.39 is 0 Å². The third-order valence-electron chi connectivity index (χ3n) is 4.55. The van der Waals surface area contributed by atoms with Gasteiger partial charge in [-0.05, 0) is 57.7 Å². The van der Waals surface area contributed by atoms with E-state index in [4.69, 9.17) is 0 Å². The molecule has 1 saturated carbocycles. The topological polar surface area (TPSA) is 32.3 Å². The number of aryl methyl sites for hydroxylation is 1. The molecule has 0 spiro atoms. The Labute approximate surface area is 128 Å². The Kier molecular flexibility index (Phi) is 5.80. The van der Waals surface area contributed by atoms with Gasteiger partial charge in [0.15, 0.2) is 0 Å². The summed E-state index contributed by atoms with van der Waals surface area (Å²) in [4.78, 5) is 14.5. The molecule has 0 aromatic heterocycles. The van der Waals surface area contributed by atoms with E-state index in [1.54, 1.807) is 0 Å². The van der Waals surface area contributed by atoms with Crippen molar-refractivity contribution in [3.8, 4) is 0 Å². The minimum atomic E-state index is 0.153. The van der Waals surface area contributed by atoms with E-state index in [-0.39, 0.29) is 5.91 Å². The van der Waals surface area contributed by atoms with Gasteiger partial charge in [-0.25, -0.2) is 0 Å². The maximum atomic E-state index is 12.5. The van der Waals surface area contributed by atoms with E-state index in [1.807, 2.05) is 43.1 Å². The first-order valence-electron chi connectivity index (χ1n) is 8.19. The fourth-order valence-corrected chi connectivity index (χ4v) is 3.08. The van der Waals surface area contributed by atoms with Crippen molar-refractivity contribution in [3.63, 3.8) is 0 Å². The molecule has 3 heteroatoms. The summed E-state index contributed by atoms with van der Waals surface area (Å²) in [5.74, 6) is 0.153. The van der Waals surface area contributed by atoms with Gasteiger partial charge in [0.25, 0.3) is 5.91 Å². The summed E-state index contributed by atoms with van der Waals surface area (Å²) in [5, 5.41) is 3.59. The van der Waals surface area contributed by atoms with Gasteiger partial charge < -0.3 is 10.2 Å². The lowest BCUT2D eigenvalue weighted by atomic mass is 9.90. The van der Waals surface area contributed by atoms with Crippen molar-refractivity contribution in [3.05, 3.63) is 35.4 Å². The summed E-state index contributed by atoms with van der Waals surface area (Å²) in [6, 6.07) is 8.91. The second-order valence-electron chi connectivity index (χ2n) is 6.24. The number of benzene rings is 1.